The van der Waals surface area contributed by atoms with Crippen LogP contribution in [0.5, 0.6) is 5.75 Å². The molecule has 0 aliphatic heterocycles. The van der Waals surface area contributed by atoms with Crippen molar-refractivity contribution in [1.82, 2.24) is 9.78 Å². The summed E-state index contributed by atoms with van der Waals surface area (Å²) in [5.74, 6) is 0.381. The number of hydrogen-bond acceptors (Lipinski definition) is 3. The van der Waals surface area contributed by atoms with Crippen LogP contribution in [-0.2, 0) is 11.3 Å². The lowest BCUT2D eigenvalue weighted by Gasteiger charge is -2.08. The van der Waals surface area contributed by atoms with Crippen LogP contribution in [0, 0.1) is 13.8 Å². The molecule has 3 aromatic rings. The van der Waals surface area contributed by atoms with Gasteiger partial charge in [-0.1, -0.05) is 41.9 Å². The summed E-state index contributed by atoms with van der Waals surface area (Å²) in [7, 11) is 1.57. The zero-order chi connectivity index (χ0) is 20.1. The molecular formula is C22H22ClN3O2. The fourth-order valence-corrected chi connectivity index (χ4v) is 3.17. The number of carbonyl (C=O) groups is 1. The van der Waals surface area contributed by atoms with Crippen molar-refractivity contribution in [1.29, 1.82) is 0 Å². The van der Waals surface area contributed by atoms with Crippen LogP contribution in [0.25, 0.3) is 6.08 Å². The molecule has 6 heteroatoms. The van der Waals surface area contributed by atoms with Gasteiger partial charge in [0.15, 0.2) is 0 Å². The highest BCUT2D eigenvalue weighted by Crippen LogP contribution is 2.23. The Morgan fingerprint density at radius 3 is 2.64 bits per heavy atom. The van der Waals surface area contributed by atoms with Crippen molar-refractivity contribution in [2.45, 2.75) is 20.4 Å². The minimum absolute atomic E-state index is 0.234. The molecule has 0 saturated heterocycles. The summed E-state index contributed by atoms with van der Waals surface area (Å²) in [5.41, 5.74) is 4.37. The molecule has 1 heterocycles. The van der Waals surface area contributed by atoms with Crippen LogP contribution >= 0.6 is 11.6 Å². The first-order valence-corrected chi connectivity index (χ1v) is 9.27. The number of hydrogen-bond donors (Lipinski definition) is 1. The average Bonchev–Trinajstić information content (AvgIpc) is 2.95. The lowest BCUT2D eigenvalue weighted by molar-refractivity contribution is -0.111. The highest BCUT2D eigenvalue weighted by Gasteiger charge is 2.11. The normalized spacial score (nSPS) is 11.0. The van der Waals surface area contributed by atoms with Crippen molar-refractivity contribution in [2.24, 2.45) is 0 Å². The number of amides is 1. The standard InChI is InChI=1S/C22H22ClN3O2/c1-15-18(12-13-22(27)24-20-10-6-7-11-21(20)28-3)16(2)26(25-15)14-17-8-4-5-9-19(17)23/h4-13H,14H2,1-3H3,(H,24,27)/b13-12+. The number of anilines is 1. The maximum atomic E-state index is 12.3. The number of methoxy groups -OCH3 is 1. The van der Waals surface area contributed by atoms with Crippen molar-refractivity contribution >= 4 is 29.3 Å². The molecule has 144 valence electrons. The van der Waals surface area contributed by atoms with Crippen LogP contribution < -0.4 is 10.1 Å². The zero-order valence-electron chi connectivity index (χ0n) is 16.1. The molecule has 0 unspecified atom stereocenters. The first-order chi connectivity index (χ1) is 13.5. The predicted molar refractivity (Wildman–Crippen MR) is 113 cm³/mol. The van der Waals surface area contributed by atoms with E-state index in [9.17, 15) is 4.79 Å². The lowest BCUT2D eigenvalue weighted by atomic mass is 10.1. The van der Waals surface area contributed by atoms with Gasteiger partial charge < -0.3 is 10.1 Å². The van der Waals surface area contributed by atoms with E-state index < -0.39 is 0 Å². The predicted octanol–water partition coefficient (Wildman–Crippen LogP) is 4.86. The van der Waals surface area contributed by atoms with Crippen molar-refractivity contribution in [3.63, 3.8) is 0 Å². The van der Waals surface area contributed by atoms with E-state index in [1.807, 2.05) is 54.9 Å². The van der Waals surface area contributed by atoms with Crippen LogP contribution in [-0.4, -0.2) is 22.8 Å². The van der Waals surface area contributed by atoms with Gasteiger partial charge in [0.25, 0.3) is 0 Å². The van der Waals surface area contributed by atoms with Gasteiger partial charge in [0, 0.05) is 22.4 Å². The van der Waals surface area contributed by atoms with E-state index in [0.717, 1.165) is 22.5 Å². The molecule has 0 spiro atoms. The summed E-state index contributed by atoms with van der Waals surface area (Å²) in [5, 5.41) is 8.13. The molecule has 0 fully saturated rings. The van der Waals surface area contributed by atoms with E-state index in [1.54, 1.807) is 25.3 Å². The Bertz CT molecular complexity index is 1020. The maximum absolute atomic E-state index is 12.3. The molecule has 28 heavy (non-hydrogen) atoms. The molecule has 0 aliphatic rings. The Kier molecular flexibility index (Phi) is 6.16. The Morgan fingerprint density at radius 2 is 1.89 bits per heavy atom. The molecule has 0 atom stereocenters. The number of halogens is 1. The minimum Gasteiger partial charge on any atom is -0.495 e. The summed E-state index contributed by atoms with van der Waals surface area (Å²) < 4.78 is 7.15. The summed E-state index contributed by atoms with van der Waals surface area (Å²) in [6.45, 7) is 4.48. The van der Waals surface area contributed by atoms with Crippen LogP contribution in [0.3, 0.4) is 0 Å². The third-order valence-corrected chi connectivity index (χ3v) is 4.85. The number of aryl methyl sites for hydroxylation is 1. The number of carbonyl (C=O) groups excluding carboxylic acids is 1. The van der Waals surface area contributed by atoms with E-state index in [1.165, 1.54) is 6.08 Å². The summed E-state index contributed by atoms with van der Waals surface area (Å²) in [6, 6.07) is 15.0. The van der Waals surface area contributed by atoms with Crippen LogP contribution in [0.4, 0.5) is 5.69 Å². The van der Waals surface area contributed by atoms with Gasteiger partial charge in [-0.25, -0.2) is 0 Å². The average molecular weight is 396 g/mol. The van der Waals surface area contributed by atoms with Gasteiger partial charge in [-0.2, -0.15) is 5.10 Å². The number of benzene rings is 2. The third kappa shape index (κ3) is 4.43. The summed E-state index contributed by atoms with van der Waals surface area (Å²) >= 11 is 6.26. The quantitative estimate of drug-likeness (QED) is 0.606. The van der Waals surface area contributed by atoms with Crippen LogP contribution in [0.1, 0.15) is 22.5 Å². The molecule has 1 aromatic heterocycles. The first kappa shape index (κ1) is 19.7. The van der Waals surface area contributed by atoms with Gasteiger partial charge in [0.1, 0.15) is 5.75 Å². The topological polar surface area (TPSA) is 56.1 Å². The van der Waals surface area contributed by atoms with Crippen molar-refractivity contribution in [3.8, 4) is 5.75 Å². The van der Waals surface area contributed by atoms with Gasteiger partial charge >= 0.3 is 0 Å². The lowest BCUT2D eigenvalue weighted by Crippen LogP contribution is -2.08. The number of aromatic nitrogens is 2. The third-order valence-electron chi connectivity index (χ3n) is 4.48. The second kappa shape index (κ2) is 8.76. The van der Waals surface area contributed by atoms with Gasteiger partial charge in [-0.15, -0.1) is 0 Å². The Morgan fingerprint density at radius 1 is 1.18 bits per heavy atom. The largest absolute Gasteiger partial charge is 0.495 e. The van der Waals surface area contributed by atoms with E-state index in [2.05, 4.69) is 10.4 Å². The highest BCUT2D eigenvalue weighted by molar-refractivity contribution is 6.31. The maximum Gasteiger partial charge on any atom is 0.248 e. The Balaban J connectivity index is 1.76. The number of para-hydroxylation sites is 2. The molecule has 0 aliphatic carbocycles. The monoisotopic (exact) mass is 395 g/mol. The highest BCUT2D eigenvalue weighted by atomic mass is 35.5. The van der Waals surface area contributed by atoms with Gasteiger partial charge in [0.05, 0.1) is 25.0 Å². The molecule has 0 bridgehead atoms. The van der Waals surface area contributed by atoms with Crippen LogP contribution in [0.15, 0.2) is 54.6 Å². The second-order valence-corrected chi connectivity index (χ2v) is 6.76. The molecule has 0 radical (unpaired) electrons. The van der Waals surface area contributed by atoms with Gasteiger partial charge in [0.2, 0.25) is 5.91 Å². The minimum atomic E-state index is -0.234. The Hall–Kier alpha value is -3.05. The molecule has 1 amide bonds. The Labute approximate surface area is 169 Å². The molecule has 3 rings (SSSR count). The zero-order valence-corrected chi connectivity index (χ0v) is 16.8. The number of nitrogens with zero attached hydrogens (tertiary/aromatic N) is 2. The number of ether oxygens (including phenoxy) is 1. The fraction of sp³-hybridized carbons (Fsp3) is 0.182. The fourth-order valence-electron chi connectivity index (χ4n) is 2.98. The van der Waals surface area contributed by atoms with E-state index in [-0.39, 0.29) is 5.91 Å². The van der Waals surface area contributed by atoms with Crippen LogP contribution in [0.2, 0.25) is 5.02 Å². The van der Waals surface area contributed by atoms with Crippen molar-refractivity contribution in [3.05, 3.63) is 82.1 Å². The van der Waals surface area contributed by atoms with E-state index >= 15 is 0 Å². The SMILES string of the molecule is COc1ccccc1NC(=O)/C=C/c1c(C)nn(Cc2ccccc2Cl)c1C. The van der Waals surface area contributed by atoms with Gasteiger partial charge in [-0.05, 0) is 43.7 Å². The smallest absolute Gasteiger partial charge is 0.248 e. The van der Waals surface area contributed by atoms with E-state index in [4.69, 9.17) is 16.3 Å². The number of nitrogens with one attached hydrogen (secondary N) is 1. The molecule has 5 nitrogen and oxygen atoms in total. The van der Waals surface area contributed by atoms with E-state index in [0.29, 0.717) is 23.0 Å². The second-order valence-electron chi connectivity index (χ2n) is 6.36. The molecule has 1 N–H and O–H groups in total. The first-order valence-electron chi connectivity index (χ1n) is 8.89. The molecule has 0 saturated carbocycles. The number of rotatable bonds is 6. The molecule has 2 aromatic carbocycles. The van der Waals surface area contributed by atoms with Gasteiger partial charge in [-0.3, -0.25) is 9.48 Å². The summed E-state index contributed by atoms with van der Waals surface area (Å²) in [6.07, 6.45) is 3.29. The molecular weight excluding hydrogens is 374 g/mol. The van der Waals surface area contributed by atoms with Crippen molar-refractivity contribution in [2.75, 3.05) is 12.4 Å². The van der Waals surface area contributed by atoms with Crippen molar-refractivity contribution < 1.29 is 9.53 Å². The summed E-state index contributed by atoms with van der Waals surface area (Å²) in [4.78, 5) is 12.3.